The Morgan fingerprint density at radius 3 is 2.36 bits per heavy atom. The molecule has 0 spiro atoms. The topological polar surface area (TPSA) is 112 Å². The molecule has 1 aliphatic rings. The van der Waals surface area contributed by atoms with Crippen LogP contribution in [0.5, 0.6) is 17.2 Å². The number of ketones is 2. The Morgan fingerprint density at radius 1 is 0.889 bits per heavy atom. The van der Waals surface area contributed by atoms with E-state index in [1.165, 1.54) is 25.6 Å². The highest BCUT2D eigenvalue weighted by Crippen LogP contribution is 2.34. The van der Waals surface area contributed by atoms with Crippen LogP contribution in [0.1, 0.15) is 0 Å². The minimum atomic E-state index is -0.358. The third-order valence-electron chi connectivity index (χ3n) is 5.60. The first-order chi connectivity index (χ1) is 17.4. The third-order valence-corrected chi connectivity index (χ3v) is 5.60. The van der Waals surface area contributed by atoms with E-state index in [9.17, 15) is 9.59 Å². The molecule has 2 aromatic carbocycles. The number of methoxy groups -OCH3 is 3. The van der Waals surface area contributed by atoms with Crippen molar-refractivity contribution in [3.05, 3.63) is 66.3 Å². The highest BCUT2D eigenvalue weighted by atomic mass is 16.5. The summed E-state index contributed by atoms with van der Waals surface area (Å²) in [5.74, 6) is 1.35. The van der Waals surface area contributed by atoms with Gasteiger partial charge in [-0.25, -0.2) is 9.97 Å². The number of fused-ring (bicyclic) bond motifs is 1. The number of anilines is 2. The average Bonchev–Trinajstić information content (AvgIpc) is 2.90. The van der Waals surface area contributed by atoms with Crippen molar-refractivity contribution in [2.75, 3.05) is 51.8 Å². The van der Waals surface area contributed by atoms with E-state index >= 15 is 0 Å². The van der Waals surface area contributed by atoms with Crippen LogP contribution in [0, 0.1) is 0 Å². The van der Waals surface area contributed by atoms with Crippen molar-refractivity contribution in [3.63, 3.8) is 0 Å². The lowest BCUT2D eigenvalue weighted by Crippen LogP contribution is -2.28. The molecule has 1 N–H and O–H groups in total. The molecule has 186 valence electrons. The summed E-state index contributed by atoms with van der Waals surface area (Å²) in [5, 5.41) is 3.58. The highest BCUT2D eigenvalue weighted by molar-refractivity contribution is 6.22. The lowest BCUT2D eigenvalue weighted by molar-refractivity contribution is -0.115. The maximum Gasteiger partial charge on any atom is 0.204 e. The Kier molecular flexibility index (Phi) is 7.45. The van der Waals surface area contributed by atoms with E-state index in [1.807, 2.05) is 12.1 Å². The molecule has 0 aliphatic heterocycles. The minimum Gasteiger partial charge on any atom is -0.497 e. The molecule has 0 bridgehead atoms. The van der Waals surface area contributed by atoms with Gasteiger partial charge in [-0.15, -0.1) is 0 Å². The fourth-order valence-electron chi connectivity index (χ4n) is 3.65. The number of likely N-dealkylation sites (N-methyl/N-ethyl adjacent to an activating group) is 1. The Labute approximate surface area is 208 Å². The van der Waals surface area contributed by atoms with Crippen LogP contribution in [0.3, 0.4) is 0 Å². The standard InChI is InChI=1S/C26H26N4O6/c1-30(16-5-7-17(34-3)8-6-16)21-14-22(31)20(12-23(21)32)29-26-18-11-24(35-4)25(36-10-9-33-2)13-19(18)27-15-28-26/h5-8,11-15H,9-10H2,1-4H3,(H,27,28,29). The lowest BCUT2D eigenvalue weighted by atomic mass is 10.0. The summed E-state index contributed by atoms with van der Waals surface area (Å²) in [4.78, 5) is 36.1. The molecule has 1 heterocycles. The molecular formula is C26H26N4O6. The second kappa shape index (κ2) is 10.9. The third kappa shape index (κ3) is 5.13. The smallest absolute Gasteiger partial charge is 0.204 e. The Morgan fingerprint density at radius 2 is 1.67 bits per heavy atom. The van der Waals surface area contributed by atoms with Gasteiger partial charge < -0.3 is 29.2 Å². The van der Waals surface area contributed by atoms with Crippen LogP contribution in [0.15, 0.2) is 66.3 Å². The monoisotopic (exact) mass is 490 g/mol. The molecule has 0 saturated carbocycles. The molecule has 0 unspecified atom stereocenters. The molecule has 1 aromatic heterocycles. The van der Waals surface area contributed by atoms with Gasteiger partial charge in [0.15, 0.2) is 11.5 Å². The number of carbonyl (C=O) groups is 2. The number of carbonyl (C=O) groups excluding carboxylic acids is 2. The van der Waals surface area contributed by atoms with E-state index in [4.69, 9.17) is 18.9 Å². The average molecular weight is 491 g/mol. The number of aromatic nitrogens is 2. The lowest BCUT2D eigenvalue weighted by Gasteiger charge is -2.24. The van der Waals surface area contributed by atoms with Crippen molar-refractivity contribution < 1.29 is 28.5 Å². The highest BCUT2D eigenvalue weighted by Gasteiger charge is 2.25. The number of nitrogens with zero attached hydrogens (tertiary/aromatic N) is 3. The number of hydrogen-bond donors (Lipinski definition) is 1. The maximum absolute atomic E-state index is 12.9. The van der Waals surface area contributed by atoms with Gasteiger partial charge in [0, 0.05) is 43.4 Å². The Bertz CT molecular complexity index is 1350. The molecule has 0 saturated heterocycles. The van der Waals surface area contributed by atoms with Crippen LogP contribution >= 0.6 is 0 Å². The summed E-state index contributed by atoms with van der Waals surface area (Å²) >= 11 is 0. The second-order valence-corrected chi connectivity index (χ2v) is 7.78. The van der Waals surface area contributed by atoms with Crippen molar-refractivity contribution in [2.24, 2.45) is 0 Å². The van der Waals surface area contributed by atoms with Crippen molar-refractivity contribution >= 4 is 34.0 Å². The Balaban J connectivity index is 1.58. The van der Waals surface area contributed by atoms with Crippen molar-refractivity contribution in [3.8, 4) is 17.2 Å². The zero-order valence-corrected chi connectivity index (χ0v) is 20.4. The van der Waals surface area contributed by atoms with Crippen LogP contribution in [-0.2, 0) is 14.3 Å². The predicted molar refractivity (Wildman–Crippen MR) is 135 cm³/mol. The minimum absolute atomic E-state index is 0.103. The molecule has 10 heteroatoms. The quantitative estimate of drug-likeness (QED) is 0.336. The first-order valence-electron chi connectivity index (χ1n) is 11.1. The number of ether oxygens (including phenoxy) is 4. The zero-order chi connectivity index (χ0) is 25.7. The zero-order valence-electron chi connectivity index (χ0n) is 20.4. The molecular weight excluding hydrogens is 464 g/mol. The van der Waals surface area contributed by atoms with E-state index in [1.54, 1.807) is 50.4 Å². The first kappa shape index (κ1) is 24.7. The molecule has 1 aliphatic carbocycles. The van der Waals surface area contributed by atoms with E-state index in [0.29, 0.717) is 47.2 Å². The fourth-order valence-corrected chi connectivity index (χ4v) is 3.65. The predicted octanol–water partition coefficient (Wildman–Crippen LogP) is 3.14. The first-order valence-corrected chi connectivity index (χ1v) is 11.1. The molecule has 36 heavy (non-hydrogen) atoms. The van der Waals surface area contributed by atoms with Gasteiger partial charge in [0.2, 0.25) is 11.6 Å². The van der Waals surface area contributed by atoms with Crippen molar-refractivity contribution in [2.45, 2.75) is 0 Å². The van der Waals surface area contributed by atoms with Gasteiger partial charge in [-0.2, -0.15) is 0 Å². The second-order valence-electron chi connectivity index (χ2n) is 7.78. The van der Waals surface area contributed by atoms with Gasteiger partial charge in [-0.05, 0) is 30.3 Å². The van der Waals surface area contributed by atoms with Crippen LogP contribution in [0.25, 0.3) is 10.9 Å². The number of benzene rings is 2. The molecule has 0 fully saturated rings. The summed E-state index contributed by atoms with van der Waals surface area (Å²) in [5.41, 5.74) is 1.67. The van der Waals surface area contributed by atoms with Crippen LogP contribution in [-0.4, -0.2) is 63.1 Å². The van der Waals surface area contributed by atoms with Gasteiger partial charge in [0.1, 0.15) is 24.5 Å². The van der Waals surface area contributed by atoms with Gasteiger partial charge in [0.05, 0.1) is 37.7 Å². The molecule has 4 rings (SSSR count). The Hall–Kier alpha value is -4.44. The fraction of sp³-hybridized carbons (Fsp3) is 0.231. The largest absolute Gasteiger partial charge is 0.497 e. The normalized spacial score (nSPS) is 13.2. The number of allylic oxidation sites excluding steroid dienone is 2. The molecule has 0 amide bonds. The van der Waals surface area contributed by atoms with Crippen LogP contribution in [0.2, 0.25) is 0 Å². The summed E-state index contributed by atoms with van der Waals surface area (Å²) in [6.07, 6.45) is 3.94. The number of nitrogens with one attached hydrogen (secondary N) is 1. The van der Waals surface area contributed by atoms with Crippen molar-refractivity contribution in [1.82, 2.24) is 9.97 Å². The van der Waals surface area contributed by atoms with E-state index in [-0.39, 0.29) is 23.0 Å². The van der Waals surface area contributed by atoms with Crippen molar-refractivity contribution in [1.29, 1.82) is 0 Å². The molecule has 0 atom stereocenters. The summed E-state index contributed by atoms with van der Waals surface area (Å²) in [6, 6.07) is 10.6. The van der Waals surface area contributed by atoms with Gasteiger partial charge in [0.25, 0.3) is 0 Å². The van der Waals surface area contributed by atoms with E-state index < -0.39 is 0 Å². The molecule has 3 aromatic rings. The van der Waals surface area contributed by atoms with Crippen LogP contribution in [0.4, 0.5) is 11.5 Å². The summed E-state index contributed by atoms with van der Waals surface area (Å²) < 4.78 is 21.4. The molecule has 10 nitrogen and oxygen atoms in total. The van der Waals surface area contributed by atoms with Crippen LogP contribution < -0.4 is 24.4 Å². The van der Waals surface area contributed by atoms with Gasteiger partial charge in [-0.1, -0.05) is 0 Å². The summed E-state index contributed by atoms with van der Waals surface area (Å²) in [6.45, 7) is 0.767. The van der Waals surface area contributed by atoms with E-state index in [2.05, 4.69) is 15.3 Å². The number of rotatable bonds is 10. The SMILES string of the molecule is COCCOc1cc2ncnc(NC3=CC(=O)C(N(C)c4ccc(OC)cc4)=CC3=O)c2cc1OC. The van der Waals surface area contributed by atoms with Gasteiger partial charge in [-0.3, -0.25) is 9.59 Å². The van der Waals surface area contributed by atoms with E-state index in [0.717, 1.165) is 5.69 Å². The maximum atomic E-state index is 12.9. The number of hydrogen-bond acceptors (Lipinski definition) is 10. The van der Waals surface area contributed by atoms with Gasteiger partial charge >= 0.3 is 0 Å². The molecule has 0 radical (unpaired) electrons. The summed E-state index contributed by atoms with van der Waals surface area (Å²) in [7, 11) is 6.42.